The van der Waals surface area contributed by atoms with E-state index in [1.54, 1.807) is 12.1 Å². The van der Waals surface area contributed by atoms with Crippen molar-refractivity contribution in [3.8, 4) is 0 Å². The molecule has 0 amide bonds. The van der Waals surface area contributed by atoms with E-state index in [1.807, 2.05) is 0 Å². The largest absolute Gasteiger partial charge is 0.416 e. The van der Waals surface area contributed by atoms with Gasteiger partial charge in [-0.25, -0.2) is 0 Å². The van der Waals surface area contributed by atoms with Gasteiger partial charge in [0.2, 0.25) is 0 Å². The first kappa shape index (κ1) is 12.4. The molecule has 94 valence electrons. The minimum atomic E-state index is -4.26. The van der Waals surface area contributed by atoms with E-state index < -0.39 is 11.7 Å². The second kappa shape index (κ2) is 4.69. The van der Waals surface area contributed by atoms with E-state index >= 15 is 0 Å². The third-order valence-electron chi connectivity index (χ3n) is 3.30. The number of hydrogen-bond donors (Lipinski definition) is 1. The Balaban J connectivity index is 2.04. The highest BCUT2D eigenvalue weighted by Gasteiger charge is 2.33. The van der Waals surface area contributed by atoms with Gasteiger partial charge in [-0.3, -0.25) is 0 Å². The standard InChI is InChI=1S/C13H16F3N/c14-13(15,16)11-4-2-1-3-9(11)7-8-12(17)10-5-6-10/h1-4,10,12H,5-8,17H2. The summed E-state index contributed by atoms with van der Waals surface area (Å²) in [6, 6.07) is 5.80. The van der Waals surface area contributed by atoms with E-state index in [0.29, 0.717) is 24.3 Å². The van der Waals surface area contributed by atoms with Gasteiger partial charge in [0.05, 0.1) is 5.56 Å². The average molecular weight is 243 g/mol. The Hall–Kier alpha value is -1.03. The predicted octanol–water partition coefficient (Wildman–Crippen LogP) is 3.38. The number of rotatable bonds is 4. The van der Waals surface area contributed by atoms with Gasteiger partial charge in [0, 0.05) is 6.04 Å². The summed E-state index contributed by atoms with van der Waals surface area (Å²) in [7, 11) is 0. The maximum absolute atomic E-state index is 12.7. The molecule has 1 nitrogen and oxygen atoms in total. The molecule has 1 atom stereocenters. The van der Waals surface area contributed by atoms with Crippen LogP contribution < -0.4 is 5.73 Å². The molecule has 17 heavy (non-hydrogen) atoms. The summed E-state index contributed by atoms with van der Waals surface area (Å²) >= 11 is 0. The highest BCUT2D eigenvalue weighted by Crippen LogP contribution is 2.35. The van der Waals surface area contributed by atoms with Crippen molar-refractivity contribution < 1.29 is 13.2 Å². The third kappa shape index (κ3) is 3.22. The van der Waals surface area contributed by atoms with E-state index in [9.17, 15) is 13.2 Å². The summed E-state index contributed by atoms with van der Waals surface area (Å²) < 4.78 is 38.1. The molecule has 2 N–H and O–H groups in total. The van der Waals surface area contributed by atoms with Crippen LogP contribution in [0.5, 0.6) is 0 Å². The lowest BCUT2D eigenvalue weighted by molar-refractivity contribution is -0.138. The Morgan fingerprint density at radius 1 is 1.24 bits per heavy atom. The van der Waals surface area contributed by atoms with Crippen molar-refractivity contribution in [2.45, 2.75) is 37.9 Å². The molecule has 1 aliphatic carbocycles. The van der Waals surface area contributed by atoms with Gasteiger partial charge in [-0.15, -0.1) is 0 Å². The molecule has 0 aliphatic heterocycles. The quantitative estimate of drug-likeness (QED) is 0.862. The number of hydrogen-bond acceptors (Lipinski definition) is 1. The van der Waals surface area contributed by atoms with Crippen molar-refractivity contribution >= 4 is 0 Å². The molecule has 1 aromatic carbocycles. The van der Waals surface area contributed by atoms with Gasteiger partial charge in [0.15, 0.2) is 0 Å². The Kier molecular flexibility index (Phi) is 3.43. The summed E-state index contributed by atoms with van der Waals surface area (Å²) in [4.78, 5) is 0. The zero-order valence-electron chi connectivity index (χ0n) is 9.50. The minimum absolute atomic E-state index is 0.0521. The molecule has 0 bridgehead atoms. The van der Waals surface area contributed by atoms with Crippen LogP contribution in [0.1, 0.15) is 30.4 Å². The van der Waals surface area contributed by atoms with Gasteiger partial charge in [0.1, 0.15) is 0 Å². The first-order chi connectivity index (χ1) is 7.98. The van der Waals surface area contributed by atoms with Gasteiger partial charge in [-0.1, -0.05) is 18.2 Å². The van der Waals surface area contributed by atoms with E-state index in [4.69, 9.17) is 5.73 Å². The van der Waals surface area contributed by atoms with Crippen molar-refractivity contribution in [3.63, 3.8) is 0 Å². The van der Waals surface area contributed by atoms with Crippen LogP contribution in [0.25, 0.3) is 0 Å². The molecule has 2 rings (SSSR count). The summed E-state index contributed by atoms with van der Waals surface area (Å²) in [6.45, 7) is 0. The van der Waals surface area contributed by atoms with Crippen molar-refractivity contribution in [3.05, 3.63) is 35.4 Å². The van der Waals surface area contributed by atoms with Crippen LogP contribution in [0.4, 0.5) is 13.2 Å². The smallest absolute Gasteiger partial charge is 0.327 e. The zero-order chi connectivity index (χ0) is 12.5. The molecule has 1 aromatic rings. The molecule has 0 saturated heterocycles. The monoisotopic (exact) mass is 243 g/mol. The van der Waals surface area contributed by atoms with Gasteiger partial charge in [-0.05, 0) is 43.2 Å². The number of alkyl halides is 3. The first-order valence-electron chi connectivity index (χ1n) is 5.89. The highest BCUT2D eigenvalue weighted by atomic mass is 19.4. The number of benzene rings is 1. The summed E-state index contributed by atoms with van der Waals surface area (Å²) in [5.41, 5.74) is 5.74. The van der Waals surface area contributed by atoms with E-state index in [1.165, 1.54) is 6.07 Å². The van der Waals surface area contributed by atoms with Crippen LogP contribution >= 0.6 is 0 Å². The molecule has 0 heterocycles. The van der Waals surface area contributed by atoms with Gasteiger partial charge >= 0.3 is 6.18 Å². The number of halogens is 3. The van der Waals surface area contributed by atoms with Gasteiger partial charge < -0.3 is 5.73 Å². The SMILES string of the molecule is NC(CCc1ccccc1C(F)(F)F)C1CC1. The van der Waals surface area contributed by atoms with Crippen LogP contribution in [-0.4, -0.2) is 6.04 Å². The predicted molar refractivity (Wildman–Crippen MR) is 60.5 cm³/mol. The lowest BCUT2D eigenvalue weighted by Gasteiger charge is -2.14. The summed E-state index contributed by atoms with van der Waals surface area (Å²) in [5, 5.41) is 0. The molecule has 1 fully saturated rings. The molecule has 0 spiro atoms. The number of nitrogens with two attached hydrogens (primary N) is 1. The van der Waals surface area contributed by atoms with E-state index in [-0.39, 0.29) is 6.04 Å². The molecule has 1 saturated carbocycles. The fraction of sp³-hybridized carbons (Fsp3) is 0.538. The fourth-order valence-corrected chi connectivity index (χ4v) is 2.10. The normalized spacial score (nSPS) is 18.1. The molecule has 0 radical (unpaired) electrons. The van der Waals surface area contributed by atoms with Crippen LogP contribution in [0.15, 0.2) is 24.3 Å². The van der Waals surface area contributed by atoms with Crippen LogP contribution in [-0.2, 0) is 12.6 Å². The molecular formula is C13H16F3N. The first-order valence-corrected chi connectivity index (χ1v) is 5.89. The number of aryl methyl sites for hydroxylation is 1. The minimum Gasteiger partial charge on any atom is -0.327 e. The average Bonchev–Trinajstić information content (AvgIpc) is 3.08. The molecule has 1 aliphatic rings. The van der Waals surface area contributed by atoms with Crippen molar-refractivity contribution in [1.29, 1.82) is 0 Å². The van der Waals surface area contributed by atoms with Crippen LogP contribution in [0.2, 0.25) is 0 Å². The van der Waals surface area contributed by atoms with Gasteiger partial charge in [0.25, 0.3) is 0 Å². The Morgan fingerprint density at radius 3 is 2.47 bits per heavy atom. The van der Waals surface area contributed by atoms with Crippen molar-refractivity contribution in [2.24, 2.45) is 11.7 Å². The lowest BCUT2D eigenvalue weighted by Crippen LogP contribution is -2.23. The van der Waals surface area contributed by atoms with Crippen LogP contribution in [0, 0.1) is 5.92 Å². The fourth-order valence-electron chi connectivity index (χ4n) is 2.10. The Morgan fingerprint density at radius 2 is 1.88 bits per heavy atom. The summed E-state index contributed by atoms with van der Waals surface area (Å²) in [6.07, 6.45) is -0.963. The molecule has 1 unspecified atom stereocenters. The van der Waals surface area contributed by atoms with E-state index in [0.717, 1.165) is 18.9 Å². The maximum atomic E-state index is 12.7. The second-order valence-electron chi connectivity index (χ2n) is 4.69. The topological polar surface area (TPSA) is 26.0 Å². The summed E-state index contributed by atoms with van der Waals surface area (Å²) in [5.74, 6) is 0.535. The maximum Gasteiger partial charge on any atom is 0.416 e. The van der Waals surface area contributed by atoms with Crippen LogP contribution in [0.3, 0.4) is 0 Å². The second-order valence-corrected chi connectivity index (χ2v) is 4.69. The third-order valence-corrected chi connectivity index (χ3v) is 3.30. The molecule has 0 aromatic heterocycles. The van der Waals surface area contributed by atoms with Crippen molar-refractivity contribution in [2.75, 3.05) is 0 Å². The zero-order valence-corrected chi connectivity index (χ0v) is 9.50. The Labute approximate surface area is 98.8 Å². The van der Waals surface area contributed by atoms with Gasteiger partial charge in [-0.2, -0.15) is 13.2 Å². The highest BCUT2D eigenvalue weighted by molar-refractivity contribution is 5.29. The molecular weight excluding hydrogens is 227 g/mol. The van der Waals surface area contributed by atoms with E-state index in [2.05, 4.69) is 0 Å². The molecule has 4 heteroatoms. The Bertz CT molecular complexity index is 382. The van der Waals surface area contributed by atoms with Crippen molar-refractivity contribution in [1.82, 2.24) is 0 Å². The lowest BCUT2D eigenvalue weighted by atomic mass is 9.98.